The molecule has 0 atom stereocenters. The van der Waals surface area contributed by atoms with Crippen LogP contribution in [-0.4, -0.2) is 12.3 Å². The third-order valence-corrected chi connectivity index (χ3v) is 2.42. The van der Waals surface area contributed by atoms with E-state index in [9.17, 15) is 0 Å². The van der Waals surface area contributed by atoms with E-state index in [4.69, 9.17) is 0 Å². The van der Waals surface area contributed by atoms with Crippen molar-refractivity contribution in [3.05, 3.63) is 24.3 Å². The van der Waals surface area contributed by atoms with Gasteiger partial charge in [-0.2, -0.15) is 0 Å². The fourth-order valence-electron chi connectivity index (χ4n) is 1.16. The SMILES string of the molecule is C=CCCCCCN=C(C)/C(C)=C\C. The molecule has 1 nitrogen and oxygen atoms in total. The zero-order chi connectivity index (χ0) is 10.8. The van der Waals surface area contributed by atoms with Crippen LogP contribution in [-0.2, 0) is 0 Å². The first-order chi connectivity index (χ1) is 6.72. The highest BCUT2D eigenvalue weighted by Crippen LogP contribution is 2.02. The van der Waals surface area contributed by atoms with E-state index in [-0.39, 0.29) is 0 Å². The van der Waals surface area contributed by atoms with Gasteiger partial charge in [0.2, 0.25) is 0 Å². The predicted molar refractivity (Wildman–Crippen MR) is 66.1 cm³/mol. The first kappa shape index (κ1) is 13.2. The minimum atomic E-state index is 0.966. The standard InChI is InChI=1S/C13H23N/c1-5-7-8-9-10-11-14-13(4)12(3)6-2/h5-6H,1,7-11H2,2-4H3/b12-6-,14-13?. The van der Waals surface area contributed by atoms with Crippen LogP contribution in [0.2, 0.25) is 0 Å². The predicted octanol–water partition coefficient (Wildman–Crippen LogP) is 4.16. The lowest BCUT2D eigenvalue weighted by atomic mass is 10.2. The summed E-state index contributed by atoms with van der Waals surface area (Å²) in [5.41, 5.74) is 2.47. The van der Waals surface area contributed by atoms with E-state index < -0.39 is 0 Å². The second kappa shape index (κ2) is 8.74. The van der Waals surface area contributed by atoms with Crippen molar-refractivity contribution in [2.75, 3.05) is 6.54 Å². The van der Waals surface area contributed by atoms with Gasteiger partial charge in [-0.3, -0.25) is 4.99 Å². The molecule has 14 heavy (non-hydrogen) atoms. The molecule has 0 unspecified atom stereocenters. The zero-order valence-electron chi connectivity index (χ0n) is 9.84. The van der Waals surface area contributed by atoms with Crippen LogP contribution >= 0.6 is 0 Å². The Hall–Kier alpha value is -0.850. The molecule has 0 saturated heterocycles. The fraction of sp³-hybridized carbons (Fsp3) is 0.615. The Morgan fingerprint density at radius 2 is 1.93 bits per heavy atom. The van der Waals surface area contributed by atoms with Gasteiger partial charge in [-0.15, -0.1) is 6.58 Å². The number of aliphatic imine (C=N–C) groups is 1. The summed E-state index contributed by atoms with van der Waals surface area (Å²) in [6.07, 6.45) is 8.94. The second-order valence-electron chi connectivity index (χ2n) is 3.58. The molecule has 0 rings (SSSR count). The molecule has 0 aromatic carbocycles. The molecule has 0 aromatic heterocycles. The van der Waals surface area contributed by atoms with Gasteiger partial charge >= 0.3 is 0 Å². The lowest BCUT2D eigenvalue weighted by Crippen LogP contribution is -1.95. The summed E-state index contributed by atoms with van der Waals surface area (Å²) in [5, 5.41) is 0. The van der Waals surface area contributed by atoms with Gasteiger partial charge in [-0.25, -0.2) is 0 Å². The Bertz CT molecular complexity index is 211. The van der Waals surface area contributed by atoms with Crippen LogP contribution in [0.3, 0.4) is 0 Å². The summed E-state index contributed by atoms with van der Waals surface area (Å²) >= 11 is 0. The van der Waals surface area contributed by atoms with Gasteiger partial charge in [0.05, 0.1) is 0 Å². The Morgan fingerprint density at radius 3 is 2.50 bits per heavy atom. The quantitative estimate of drug-likeness (QED) is 0.327. The number of unbranched alkanes of at least 4 members (excludes halogenated alkanes) is 3. The van der Waals surface area contributed by atoms with Crippen LogP contribution in [0, 0.1) is 0 Å². The van der Waals surface area contributed by atoms with Gasteiger partial charge in [0.15, 0.2) is 0 Å². The monoisotopic (exact) mass is 193 g/mol. The number of allylic oxidation sites excluding steroid dienone is 3. The zero-order valence-corrected chi connectivity index (χ0v) is 9.84. The molecule has 0 radical (unpaired) electrons. The lowest BCUT2D eigenvalue weighted by molar-refractivity contribution is 0.696. The first-order valence-corrected chi connectivity index (χ1v) is 5.47. The van der Waals surface area contributed by atoms with Crippen molar-refractivity contribution in [3.63, 3.8) is 0 Å². The third-order valence-electron chi connectivity index (χ3n) is 2.42. The molecular weight excluding hydrogens is 170 g/mol. The van der Waals surface area contributed by atoms with Gasteiger partial charge in [0.25, 0.3) is 0 Å². The number of hydrogen-bond donors (Lipinski definition) is 0. The van der Waals surface area contributed by atoms with Gasteiger partial charge in [-0.1, -0.05) is 18.6 Å². The summed E-state index contributed by atoms with van der Waals surface area (Å²) < 4.78 is 0. The summed E-state index contributed by atoms with van der Waals surface area (Å²) in [7, 11) is 0. The van der Waals surface area contributed by atoms with E-state index >= 15 is 0 Å². The molecule has 0 aromatic rings. The van der Waals surface area contributed by atoms with Crippen LogP contribution in [0.25, 0.3) is 0 Å². The highest BCUT2D eigenvalue weighted by Gasteiger charge is 1.92. The molecule has 0 aliphatic carbocycles. The van der Waals surface area contributed by atoms with E-state index in [0.717, 1.165) is 13.0 Å². The molecule has 0 N–H and O–H groups in total. The van der Waals surface area contributed by atoms with E-state index in [1.54, 1.807) is 0 Å². The minimum absolute atomic E-state index is 0.966. The molecular formula is C13H23N. The second-order valence-corrected chi connectivity index (χ2v) is 3.58. The molecule has 0 heterocycles. The van der Waals surface area contributed by atoms with Crippen molar-refractivity contribution in [3.8, 4) is 0 Å². The Morgan fingerprint density at radius 1 is 1.21 bits per heavy atom. The van der Waals surface area contributed by atoms with Crippen LogP contribution in [0.4, 0.5) is 0 Å². The van der Waals surface area contributed by atoms with E-state index in [2.05, 4.69) is 38.4 Å². The molecule has 80 valence electrons. The van der Waals surface area contributed by atoms with Crippen molar-refractivity contribution >= 4 is 5.71 Å². The maximum atomic E-state index is 4.52. The average Bonchev–Trinajstić information content (AvgIpc) is 2.21. The smallest absolute Gasteiger partial charge is 0.0392 e. The summed E-state index contributed by atoms with van der Waals surface area (Å²) in [6, 6.07) is 0. The average molecular weight is 193 g/mol. The van der Waals surface area contributed by atoms with Crippen molar-refractivity contribution < 1.29 is 0 Å². The maximum absolute atomic E-state index is 4.52. The van der Waals surface area contributed by atoms with Gasteiger partial charge in [0.1, 0.15) is 0 Å². The summed E-state index contributed by atoms with van der Waals surface area (Å²) in [6.45, 7) is 10.9. The number of nitrogens with zero attached hydrogens (tertiary/aromatic N) is 1. The van der Waals surface area contributed by atoms with Gasteiger partial charge in [0, 0.05) is 12.3 Å². The molecule has 1 heteroatoms. The number of hydrogen-bond acceptors (Lipinski definition) is 1. The lowest BCUT2D eigenvalue weighted by Gasteiger charge is -2.00. The molecule has 0 aliphatic heterocycles. The molecule has 0 amide bonds. The maximum Gasteiger partial charge on any atom is 0.0392 e. The molecule has 0 saturated carbocycles. The van der Waals surface area contributed by atoms with E-state index in [1.807, 2.05) is 6.08 Å². The van der Waals surface area contributed by atoms with Crippen molar-refractivity contribution in [2.24, 2.45) is 4.99 Å². The molecule has 0 aliphatic rings. The summed E-state index contributed by atoms with van der Waals surface area (Å²) in [5.74, 6) is 0. The highest BCUT2D eigenvalue weighted by atomic mass is 14.7. The summed E-state index contributed by atoms with van der Waals surface area (Å²) in [4.78, 5) is 4.52. The molecule has 0 spiro atoms. The first-order valence-electron chi connectivity index (χ1n) is 5.47. The van der Waals surface area contributed by atoms with Crippen LogP contribution in [0.1, 0.15) is 46.5 Å². The normalized spacial score (nSPS) is 13.1. The van der Waals surface area contributed by atoms with E-state index in [0.29, 0.717) is 0 Å². The topological polar surface area (TPSA) is 12.4 Å². The fourth-order valence-corrected chi connectivity index (χ4v) is 1.16. The minimum Gasteiger partial charge on any atom is -0.290 e. The number of rotatable bonds is 7. The Balaban J connectivity index is 3.56. The van der Waals surface area contributed by atoms with E-state index in [1.165, 1.54) is 30.5 Å². The van der Waals surface area contributed by atoms with Crippen LogP contribution in [0.5, 0.6) is 0 Å². The highest BCUT2D eigenvalue weighted by molar-refractivity contribution is 5.97. The van der Waals surface area contributed by atoms with Gasteiger partial charge in [-0.05, 0) is 45.6 Å². The Labute approximate surface area is 88.6 Å². The molecule has 0 fully saturated rings. The van der Waals surface area contributed by atoms with Crippen molar-refractivity contribution in [2.45, 2.75) is 46.5 Å². The van der Waals surface area contributed by atoms with Crippen molar-refractivity contribution in [1.82, 2.24) is 0 Å². The largest absolute Gasteiger partial charge is 0.290 e. The van der Waals surface area contributed by atoms with Gasteiger partial charge < -0.3 is 0 Å². The third kappa shape index (κ3) is 6.64. The molecule has 0 bridgehead atoms. The Kier molecular flexibility index (Phi) is 8.20. The van der Waals surface area contributed by atoms with Crippen molar-refractivity contribution in [1.29, 1.82) is 0 Å². The van der Waals surface area contributed by atoms with Crippen LogP contribution in [0.15, 0.2) is 29.3 Å². The van der Waals surface area contributed by atoms with Crippen LogP contribution < -0.4 is 0 Å².